The first-order valence-electron chi connectivity index (χ1n) is 7.93. The van der Waals surface area contributed by atoms with Gasteiger partial charge in [0.1, 0.15) is 5.75 Å². The van der Waals surface area contributed by atoms with Gasteiger partial charge >= 0.3 is 0 Å². The van der Waals surface area contributed by atoms with Gasteiger partial charge in [-0.05, 0) is 48.9 Å². The lowest BCUT2D eigenvalue weighted by Gasteiger charge is -2.13. The molecule has 2 N–H and O–H groups in total. The molecule has 0 heterocycles. The Morgan fingerprint density at radius 1 is 1.16 bits per heavy atom. The molecule has 2 aromatic carbocycles. The van der Waals surface area contributed by atoms with Crippen LogP contribution in [0.1, 0.15) is 22.8 Å². The summed E-state index contributed by atoms with van der Waals surface area (Å²) >= 11 is 1.49. The van der Waals surface area contributed by atoms with Crippen molar-refractivity contribution in [1.82, 2.24) is 10.6 Å². The molecular formula is C19H22N2O3S. The molecule has 6 heteroatoms. The number of methoxy groups -OCH3 is 1. The van der Waals surface area contributed by atoms with E-state index in [2.05, 4.69) is 10.6 Å². The van der Waals surface area contributed by atoms with Gasteiger partial charge in [-0.25, -0.2) is 0 Å². The minimum absolute atomic E-state index is 0.0498. The molecule has 1 unspecified atom stereocenters. The van der Waals surface area contributed by atoms with E-state index in [9.17, 15) is 9.59 Å². The minimum atomic E-state index is -0.226. The van der Waals surface area contributed by atoms with Crippen LogP contribution >= 0.6 is 11.8 Å². The fourth-order valence-corrected chi connectivity index (χ4v) is 3.10. The molecule has 5 nitrogen and oxygen atoms in total. The molecule has 0 spiro atoms. The molecule has 1 atom stereocenters. The van der Waals surface area contributed by atoms with Crippen LogP contribution in [0.4, 0.5) is 0 Å². The first-order chi connectivity index (χ1) is 12.0. The number of benzene rings is 2. The van der Waals surface area contributed by atoms with Gasteiger partial charge in [0.2, 0.25) is 5.91 Å². The molecule has 0 bridgehead atoms. The predicted octanol–water partition coefficient (Wildman–Crippen LogP) is 2.85. The topological polar surface area (TPSA) is 67.4 Å². The Morgan fingerprint density at radius 3 is 2.52 bits per heavy atom. The SMILES string of the molecule is CNC(=O)c1cccc(CNC(=O)C(C)Sc2ccc(OC)cc2)c1. The molecule has 2 amide bonds. The van der Waals surface area contributed by atoms with E-state index in [-0.39, 0.29) is 17.1 Å². The highest BCUT2D eigenvalue weighted by Crippen LogP contribution is 2.25. The predicted molar refractivity (Wildman–Crippen MR) is 100.0 cm³/mol. The van der Waals surface area contributed by atoms with Gasteiger partial charge in [0.05, 0.1) is 12.4 Å². The molecule has 0 saturated carbocycles. The van der Waals surface area contributed by atoms with Crippen molar-refractivity contribution in [2.24, 2.45) is 0 Å². The molecule has 132 valence electrons. The summed E-state index contributed by atoms with van der Waals surface area (Å²) in [6.45, 7) is 2.25. The Balaban J connectivity index is 1.89. The summed E-state index contributed by atoms with van der Waals surface area (Å²) in [4.78, 5) is 24.9. The van der Waals surface area contributed by atoms with Crippen molar-refractivity contribution in [2.45, 2.75) is 23.6 Å². The van der Waals surface area contributed by atoms with Gasteiger partial charge in [0.15, 0.2) is 0 Å². The van der Waals surface area contributed by atoms with E-state index in [4.69, 9.17) is 4.74 Å². The Kier molecular flexibility index (Phi) is 6.89. The number of rotatable bonds is 7. The fraction of sp³-hybridized carbons (Fsp3) is 0.263. The average molecular weight is 358 g/mol. The third-order valence-corrected chi connectivity index (χ3v) is 4.74. The number of thioether (sulfide) groups is 1. The lowest BCUT2D eigenvalue weighted by molar-refractivity contribution is -0.120. The number of ether oxygens (including phenoxy) is 1. The Hall–Kier alpha value is -2.47. The van der Waals surface area contributed by atoms with Gasteiger partial charge < -0.3 is 15.4 Å². The van der Waals surface area contributed by atoms with Gasteiger partial charge in [0.25, 0.3) is 5.91 Å². The molecule has 0 fully saturated rings. The van der Waals surface area contributed by atoms with Gasteiger partial charge in [-0.15, -0.1) is 11.8 Å². The van der Waals surface area contributed by atoms with Crippen LogP contribution in [0.5, 0.6) is 5.75 Å². The smallest absolute Gasteiger partial charge is 0.251 e. The zero-order valence-corrected chi connectivity index (χ0v) is 15.4. The molecule has 0 aliphatic carbocycles. The zero-order valence-electron chi connectivity index (χ0n) is 14.5. The largest absolute Gasteiger partial charge is 0.497 e. The number of hydrogen-bond donors (Lipinski definition) is 2. The van der Waals surface area contributed by atoms with Crippen molar-refractivity contribution in [3.05, 3.63) is 59.7 Å². The normalized spacial score (nSPS) is 11.5. The quantitative estimate of drug-likeness (QED) is 0.747. The van der Waals surface area contributed by atoms with Gasteiger partial charge in [-0.2, -0.15) is 0 Å². The molecule has 0 radical (unpaired) electrons. The van der Waals surface area contributed by atoms with E-state index in [0.717, 1.165) is 16.2 Å². The lowest BCUT2D eigenvalue weighted by atomic mass is 10.1. The second kappa shape index (κ2) is 9.13. The van der Waals surface area contributed by atoms with Crippen molar-refractivity contribution in [3.8, 4) is 5.75 Å². The average Bonchev–Trinajstić information content (AvgIpc) is 2.66. The van der Waals surface area contributed by atoms with Gasteiger partial charge in [-0.1, -0.05) is 12.1 Å². The Morgan fingerprint density at radius 2 is 1.88 bits per heavy atom. The van der Waals surface area contributed by atoms with E-state index < -0.39 is 0 Å². The van der Waals surface area contributed by atoms with E-state index >= 15 is 0 Å². The van der Waals surface area contributed by atoms with Gasteiger partial charge in [0, 0.05) is 24.1 Å². The molecule has 0 saturated heterocycles. The summed E-state index contributed by atoms with van der Waals surface area (Å²) < 4.78 is 5.13. The first-order valence-corrected chi connectivity index (χ1v) is 8.81. The third-order valence-electron chi connectivity index (χ3n) is 3.62. The van der Waals surface area contributed by atoms with Gasteiger partial charge in [-0.3, -0.25) is 9.59 Å². The maximum Gasteiger partial charge on any atom is 0.251 e. The Bertz CT molecular complexity index is 732. The van der Waals surface area contributed by atoms with Crippen LogP contribution in [-0.4, -0.2) is 31.2 Å². The summed E-state index contributed by atoms with van der Waals surface area (Å²) in [5, 5.41) is 5.27. The molecule has 0 aliphatic rings. The standard InChI is InChI=1S/C19H22N2O3S/c1-13(25-17-9-7-16(24-3)8-10-17)18(22)21-12-14-5-4-6-15(11-14)19(23)20-2/h4-11,13H,12H2,1-3H3,(H,20,23)(H,21,22). The maximum atomic E-state index is 12.3. The lowest BCUT2D eigenvalue weighted by Crippen LogP contribution is -2.30. The van der Waals surface area contributed by atoms with Crippen molar-refractivity contribution >= 4 is 23.6 Å². The summed E-state index contributed by atoms with van der Waals surface area (Å²) in [7, 11) is 3.21. The maximum absolute atomic E-state index is 12.3. The van der Waals surface area contributed by atoms with Crippen LogP contribution in [-0.2, 0) is 11.3 Å². The number of nitrogens with one attached hydrogen (secondary N) is 2. The van der Waals surface area contributed by atoms with Crippen LogP contribution in [0.2, 0.25) is 0 Å². The summed E-state index contributed by atoms with van der Waals surface area (Å²) in [5.74, 6) is 0.597. The number of carbonyl (C=O) groups excluding carboxylic acids is 2. The number of hydrogen-bond acceptors (Lipinski definition) is 4. The second-order valence-electron chi connectivity index (χ2n) is 5.43. The van der Waals surface area contributed by atoms with Crippen LogP contribution in [0.25, 0.3) is 0 Å². The summed E-state index contributed by atoms with van der Waals surface area (Å²) in [6.07, 6.45) is 0. The highest BCUT2D eigenvalue weighted by molar-refractivity contribution is 8.00. The molecular weight excluding hydrogens is 336 g/mol. The van der Waals surface area contributed by atoms with Crippen molar-refractivity contribution < 1.29 is 14.3 Å². The number of carbonyl (C=O) groups is 2. The zero-order chi connectivity index (χ0) is 18.2. The van der Waals surface area contributed by atoms with E-state index in [1.54, 1.807) is 26.3 Å². The van der Waals surface area contributed by atoms with E-state index in [1.807, 2.05) is 43.3 Å². The van der Waals surface area contributed by atoms with Crippen molar-refractivity contribution in [1.29, 1.82) is 0 Å². The van der Waals surface area contributed by atoms with E-state index in [1.165, 1.54) is 11.8 Å². The van der Waals surface area contributed by atoms with Crippen LogP contribution in [0, 0.1) is 0 Å². The second-order valence-corrected chi connectivity index (χ2v) is 6.85. The fourth-order valence-electron chi connectivity index (χ4n) is 2.21. The molecule has 0 aliphatic heterocycles. The summed E-state index contributed by atoms with van der Waals surface area (Å²) in [5.41, 5.74) is 1.46. The Labute approximate surface area is 152 Å². The van der Waals surface area contributed by atoms with Crippen molar-refractivity contribution in [3.63, 3.8) is 0 Å². The molecule has 0 aromatic heterocycles. The van der Waals surface area contributed by atoms with Crippen LogP contribution in [0.3, 0.4) is 0 Å². The van der Waals surface area contributed by atoms with E-state index in [0.29, 0.717) is 12.1 Å². The van der Waals surface area contributed by atoms with Crippen molar-refractivity contribution in [2.75, 3.05) is 14.2 Å². The minimum Gasteiger partial charge on any atom is -0.497 e. The molecule has 2 rings (SSSR count). The number of amides is 2. The van der Waals surface area contributed by atoms with Crippen LogP contribution in [0.15, 0.2) is 53.4 Å². The van der Waals surface area contributed by atoms with Crippen LogP contribution < -0.4 is 15.4 Å². The third kappa shape index (κ3) is 5.53. The first kappa shape index (κ1) is 18.9. The highest BCUT2D eigenvalue weighted by Gasteiger charge is 2.14. The summed E-state index contributed by atoms with van der Waals surface area (Å²) in [6, 6.07) is 14.8. The highest BCUT2D eigenvalue weighted by atomic mass is 32.2. The molecule has 25 heavy (non-hydrogen) atoms. The monoisotopic (exact) mass is 358 g/mol. The molecule has 2 aromatic rings.